The van der Waals surface area contributed by atoms with Crippen molar-refractivity contribution in [1.29, 1.82) is 0 Å². The molecule has 0 atom stereocenters. The smallest absolute Gasteiger partial charge is 0.270 e. The van der Waals surface area contributed by atoms with Crippen molar-refractivity contribution in [3.05, 3.63) is 45.7 Å². The highest BCUT2D eigenvalue weighted by Gasteiger charge is 2.14. The molecule has 0 aliphatic rings. The summed E-state index contributed by atoms with van der Waals surface area (Å²) in [5, 5.41) is 19.9. The predicted molar refractivity (Wildman–Crippen MR) is 59.0 cm³/mol. The summed E-state index contributed by atoms with van der Waals surface area (Å²) >= 11 is 0. The van der Waals surface area contributed by atoms with Gasteiger partial charge in [0.25, 0.3) is 5.69 Å². The van der Waals surface area contributed by atoms with Crippen LogP contribution in [-0.4, -0.2) is 15.8 Å². The van der Waals surface area contributed by atoms with Crippen molar-refractivity contribution in [3.63, 3.8) is 0 Å². The maximum Gasteiger partial charge on any atom is 0.270 e. The average molecular weight is 221 g/mol. The van der Waals surface area contributed by atoms with Crippen molar-refractivity contribution < 1.29 is 14.8 Å². The topological polar surface area (TPSA) is 80.4 Å². The van der Waals surface area contributed by atoms with E-state index in [9.17, 15) is 20.0 Å². The van der Waals surface area contributed by atoms with Gasteiger partial charge in [-0.15, -0.1) is 0 Å². The number of ketones is 1. The first kappa shape index (κ1) is 11.9. The first-order chi connectivity index (χ1) is 7.43. The summed E-state index contributed by atoms with van der Waals surface area (Å²) < 4.78 is 0. The summed E-state index contributed by atoms with van der Waals surface area (Å²) in [4.78, 5) is 21.3. The van der Waals surface area contributed by atoms with Gasteiger partial charge < -0.3 is 5.11 Å². The van der Waals surface area contributed by atoms with E-state index in [0.29, 0.717) is 5.56 Å². The number of allylic oxidation sites excluding steroid dienone is 2. The molecule has 0 aliphatic carbocycles. The Kier molecular flexibility index (Phi) is 3.40. The van der Waals surface area contributed by atoms with Gasteiger partial charge in [0.05, 0.1) is 10.5 Å². The second-order valence-electron chi connectivity index (χ2n) is 3.32. The Morgan fingerprint density at radius 1 is 1.38 bits per heavy atom. The van der Waals surface area contributed by atoms with Crippen molar-refractivity contribution in [2.75, 3.05) is 0 Å². The number of non-ortho nitro benzene ring substituents is 1. The zero-order valence-corrected chi connectivity index (χ0v) is 8.93. The Hall–Kier alpha value is -2.17. The number of aliphatic hydroxyl groups is 1. The normalized spacial score (nSPS) is 11.9. The molecule has 5 heteroatoms. The van der Waals surface area contributed by atoms with Crippen molar-refractivity contribution in [1.82, 2.24) is 0 Å². The van der Waals surface area contributed by atoms with Crippen LogP contribution in [0.15, 0.2) is 30.0 Å². The summed E-state index contributed by atoms with van der Waals surface area (Å²) in [7, 11) is 0. The molecule has 0 heterocycles. The second kappa shape index (κ2) is 4.57. The molecule has 0 saturated carbocycles. The molecular weight excluding hydrogens is 210 g/mol. The molecule has 1 aromatic rings. The summed E-state index contributed by atoms with van der Waals surface area (Å²) in [5.41, 5.74) is 0.336. The van der Waals surface area contributed by atoms with Crippen LogP contribution in [0.3, 0.4) is 0 Å². The molecule has 0 spiro atoms. The fraction of sp³-hybridized carbons (Fsp3) is 0.182. The van der Waals surface area contributed by atoms with Crippen LogP contribution >= 0.6 is 0 Å². The lowest BCUT2D eigenvalue weighted by molar-refractivity contribution is -0.384. The van der Waals surface area contributed by atoms with Gasteiger partial charge in [0.1, 0.15) is 5.76 Å². The van der Waals surface area contributed by atoms with Gasteiger partial charge in [-0.25, -0.2) is 0 Å². The monoisotopic (exact) mass is 221 g/mol. The molecule has 0 radical (unpaired) electrons. The van der Waals surface area contributed by atoms with Gasteiger partial charge in [0, 0.05) is 12.1 Å². The summed E-state index contributed by atoms with van der Waals surface area (Å²) in [6.45, 7) is 2.67. The number of carbonyl (C=O) groups excluding carboxylic acids is 1. The minimum absolute atomic E-state index is 0.101. The van der Waals surface area contributed by atoms with Crippen LogP contribution in [-0.2, 0) is 4.79 Å². The van der Waals surface area contributed by atoms with Crippen LogP contribution in [0.1, 0.15) is 19.4 Å². The van der Waals surface area contributed by atoms with E-state index in [-0.39, 0.29) is 22.8 Å². The summed E-state index contributed by atoms with van der Waals surface area (Å²) in [5.74, 6) is -0.478. The van der Waals surface area contributed by atoms with E-state index >= 15 is 0 Å². The lowest BCUT2D eigenvalue weighted by Gasteiger charge is -2.04. The van der Waals surface area contributed by atoms with Crippen LogP contribution in [0.25, 0.3) is 5.57 Å². The van der Waals surface area contributed by atoms with Crippen molar-refractivity contribution in [3.8, 4) is 0 Å². The molecule has 84 valence electrons. The highest BCUT2D eigenvalue weighted by Crippen LogP contribution is 2.22. The van der Waals surface area contributed by atoms with Gasteiger partial charge in [0.15, 0.2) is 5.78 Å². The standard InChI is InChI=1S/C11H11NO4/c1-7(13)11(8(2)14)9-4-3-5-10(6-9)12(15)16/h3-6,13H,1-2H3/b11-7-. The lowest BCUT2D eigenvalue weighted by atomic mass is 10.0. The van der Waals surface area contributed by atoms with E-state index in [1.54, 1.807) is 6.07 Å². The molecule has 0 aromatic heterocycles. The van der Waals surface area contributed by atoms with E-state index in [2.05, 4.69) is 0 Å². The number of rotatable bonds is 3. The molecule has 0 aliphatic heterocycles. The molecule has 0 saturated heterocycles. The van der Waals surface area contributed by atoms with E-state index in [1.165, 1.54) is 32.0 Å². The predicted octanol–water partition coefficient (Wildman–Crippen LogP) is 2.47. The number of benzene rings is 1. The number of nitro groups is 1. The summed E-state index contributed by atoms with van der Waals surface area (Å²) in [6, 6.07) is 5.60. The molecule has 16 heavy (non-hydrogen) atoms. The second-order valence-corrected chi connectivity index (χ2v) is 3.32. The van der Waals surface area contributed by atoms with Crippen LogP contribution in [0, 0.1) is 10.1 Å². The maximum absolute atomic E-state index is 11.3. The molecule has 1 aromatic carbocycles. The maximum atomic E-state index is 11.3. The molecule has 1 rings (SSSR count). The average Bonchev–Trinajstić information content (AvgIpc) is 2.16. The molecule has 0 amide bonds. The Bertz CT molecular complexity index is 473. The lowest BCUT2D eigenvalue weighted by Crippen LogP contribution is -2.00. The van der Waals surface area contributed by atoms with Crippen molar-refractivity contribution in [2.45, 2.75) is 13.8 Å². The van der Waals surface area contributed by atoms with E-state index in [1.807, 2.05) is 0 Å². The fourth-order valence-electron chi connectivity index (χ4n) is 1.44. The highest BCUT2D eigenvalue weighted by molar-refractivity contribution is 6.20. The first-order valence-electron chi connectivity index (χ1n) is 4.59. The SMILES string of the molecule is CC(=O)/C(=C(\C)O)c1cccc([N+](=O)[O-])c1. The van der Waals surface area contributed by atoms with Gasteiger partial charge in [-0.3, -0.25) is 14.9 Å². The fourth-order valence-corrected chi connectivity index (χ4v) is 1.44. The number of carbonyl (C=O) groups is 1. The van der Waals surface area contributed by atoms with Crippen molar-refractivity contribution in [2.24, 2.45) is 0 Å². The third-order valence-corrected chi connectivity index (χ3v) is 2.06. The number of hydrogen-bond acceptors (Lipinski definition) is 4. The van der Waals surface area contributed by atoms with Gasteiger partial charge in [0.2, 0.25) is 0 Å². The first-order valence-corrected chi connectivity index (χ1v) is 4.59. The van der Waals surface area contributed by atoms with E-state index in [4.69, 9.17) is 0 Å². The third kappa shape index (κ3) is 2.44. The third-order valence-electron chi connectivity index (χ3n) is 2.06. The Balaban J connectivity index is 3.33. The molecular formula is C11H11NO4. The number of nitrogens with zero attached hydrogens (tertiary/aromatic N) is 1. The van der Waals surface area contributed by atoms with Crippen LogP contribution in [0.2, 0.25) is 0 Å². The Morgan fingerprint density at radius 2 is 2.00 bits per heavy atom. The zero-order valence-electron chi connectivity index (χ0n) is 8.93. The number of aliphatic hydroxyl groups excluding tert-OH is 1. The summed E-state index contributed by atoms with van der Waals surface area (Å²) in [6.07, 6.45) is 0. The molecule has 0 fully saturated rings. The Labute approximate surface area is 92.2 Å². The number of Topliss-reactive ketones (excluding diaryl/α,β-unsaturated/α-hetero) is 1. The minimum Gasteiger partial charge on any atom is -0.512 e. The molecule has 1 N–H and O–H groups in total. The van der Waals surface area contributed by atoms with Gasteiger partial charge in [-0.2, -0.15) is 0 Å². The minimum atomic E-state index is -0.548. The van der Waals surface area contributed by atoms with Gasteiger partial charge in [-0.05, 0) is 19.4 Å². The van der Waals surface area contributed by atoms with Gasteiger partial charge >= 0.3 is 0 Å². The van der Waals surface area contributed by atoms with E-state index in [0.717, 1.165) is 0 Å². The van der Waals surface area contributed by atoms with Crippen LogP contribution in [0.4, 0.5) is 5.69 Å². The quantitative estimate of drug-likeness (QED) is 0.368. The largest absolute Gasteiger partial charge is 0.512 e. The van der Waals surface area contributed by atoms with Crippen LogP contribution < -0.4 is 0 Å². The van der Waals surface area contributed by atoms with E-state index < -0.39 is 4.92 Å². The zero-order chi connectivity index (χ0) is 12.3. The number of nitro benzene ring substituents is 1. The molecule has 0 unspecified atom stereocenters. The van der Waals surface area contributed by atoms with Gasteiger partial charge in [-0.1, -0.05) is 12.1 Å². The Morgan fingerprint density at radius 3 is 2.44 bits per heavy atom. The molecule has 0 bridgehead atoms. The molecule has 5 nitrogen and oxygen atoms in total. The van der Waals surface area contributed by atoms with Crippen molar-refractivity contribution >= 4 is 17.0 Å². The van der Waals surface area contributed by atoms with Crippen LogP contribution in [0.5, 0.6) is 0 Å². The highest BCUT2D eigenvalue weighted by atomic mass is 16.6. The number of hydrogen-bond donors (Lipinski definition) is 1.